The molecule has 0 saturated carbocycles. The lowest BCUT2D eigenvalue weighted by Gasteiger charge is -2.15. The summed E-state index contributed by atoms with van der Waals surface area (Å²) in [7, 11) is 0. The van der Waals surface area contributed by atoms with Gasteiger partial charge in [-0.05, 0) is 11.4 Å². The van der Waals surface area contributed by atoms with E-state index >= 15 is 0 Å². The molecule has 114 valence electrons. The molecule has 2 aromatic rings. The van der Waals surface area contributed by atoms with Crippen LogP contribution in [-0.2, 0) is 16.8 Å². The molecule has 0 aliphatic rings. The van der Waals surface area contributed by atoms with E-state index in [1.807, 2.05) is 22.9 Å². The van der Waals surface area contributed by atoms with E-state index in [1.54, 1.807) is 22.7 Å². The molecule has 0 fully saturated rings. The smallest absolute Gasteiger partial charge is 0.305 e. The highest BCUT2D eigenvalue weighted by atomic mass is 32.1. The van der Waals surface area contributed by atoms with Gasteiger partial charge in [0.1, 0.15) is 0 Å². The summed E-state index contributed by atoms with van der Waals surface area (Å²) in [5.41, 5.74) is 1.02. The number of carboxylic acid groups (broad SMARTS) is 1. The number of nitrogens with one attached hydrogen (secondary N) is 1. The van der Waals surface area contributed by atoms with Crippen LogP contribution >= 0.6 is 22.7 Å². The van der Waals surface area contributed by atoms with Crippen LogP contribution in [0.1, 0.15) is 48.8 Å². The Morgan fingerprint density at radius 1 is 1.43 bits per heavy atom. The van der Waals surface area contributed by atoms with E-state index < -0.39 is 5.97 Å². The Kier molecular flexibility index (Phi) is 5.13. The third-order valence-corrected chi connectivity index (χ3v) is 5.29. The molecule has 4 nitrogen and oxygen atoms in total. The van der Waals surface area contributed by atoms with E-state index in [-0.39, 0.29) is 17.9 Å². The van der Waals surface area contributed by atoms with Crippen LogP contribution < -0.4 is 5.32 Å². The Morgan fingerprint density at radius 2 is 2.19 bits per heavy atom. The first-order valence-corrected chi connectivity index (χ1v) is 8.55. The number of aromatic nitrogens is 1. The Balaban J connectivity index is 2.02. The minimum absolute atomic E-state index is 0.0527. The predicted molar refractivity (Wildman–Crippen MR) is 87.0 cm³/mol. The zero-order valence-electron chi connectivity index (χ0n) is 12.4. The van der Waals surface area contributed by atoms with E-state index in [1.165, 1.54) is 0 Å². The Labute approximate surface area is 132 Å². The van der Waals surface area contributed by atoms with Crippen molar-refractivity contribution in [2.75, 3.05) is 0 Å². The summed E-state index contributed by atoms with van der Waals surface area (Å²) in [6.07, 6.45) is 0.0801. The number of thiazole rings is 1. The maximum Gasteiger partial charge on any atom is 0.305 e. The second kappa shape index (κ2) is 6.68. The normalized spacial score (nSPS) is 13.3. The summed E-state index contributed by atoms with van der Waals surface area (Å²) in [6, 6.07) is 3.74. The first-order valence-electron chi connectivity index (χ1n) is 6.79. The molecular formula is C15H20N2O2S2. The van der Waals surface area contributed by atoms with Gasteiger partial charge in [0.15, 0.2) is 0 Å². The molecule has 2 rings (SSSR count). The number of carbonyl (C=O) groups is 1. The summed E-state index contributed by atoms with van der Waals surface area (Å²) in [5.74, 6) is -0.797. The first-order chi connectivity index (χ1) is 9.86. The maximum absolute atomic E-state index is 11.0. The summed E-state index contributed by atoms with van der Waals surface area (Å²) >= 11 is 3.23. The van der Waals surface area contributed by atoms with Crippen molar-refractivity contribution in [3.05, 3.63) is 38.5 Å². The summed E-state index contributed by atoms with van der Waals surface area (Å²) in [4.78, 5) is 16.7. The molecule has 0 saturated heterocycles. The molecular weight excluding hydrogens is 304 g/mol. The average molecular weight is 324 g/mol. The van der Waals surface area contributed by atoms with Crippen molar-refractivity contribution in [2.24, 2.45) is 0 Å². The number of aliphatic carboxylic acids is 1. The van der Waals surface area contributed by atoms with Gasteiger partial charge in [-0.25, -0.2) is 4.98 Å². The van der Waals surface area contributed by atoms with Gasteiger partial charge in [0.05, 0.1) is 23.2 Å². The molecule has 0 radical (unpaired) electrons. The molecule has 2 N–H and O–H groups in total. The lowest BCUT2D eigenvalue weighted by Crippen LogP contribution is -2.23. The summed E-state index contributed by atoms with van der Waals surface area (Å²) in [5, 5.41) is 17.5. The van der Waals surface area contributed by atoms with Crippen LogP contribution in [0.15, 0.2) is 22.9 Å². The predicted octanol–water partition coefficient (Wildman–Crippen LogP) is 3.81. The third-order valence-electron chi connectivity index (χ3n) is 2.99. The molecule has 1 unspecified atom stereocenters. The number of thiophene rings is 1. The molecule has 0 spiro atoms. The first kappa shape index (κ1) is 16.1. The zero-order valence-corrected chi connectivity index (χ0v) is 14.1. The highest BCUT2D eigenvalue weighted by Gasteiger charge is 2.19. The second-order valence-electron chi connectivity index (χ2n) is 5.94. The van der Waals surface area contributed by atoms with Crippen molar-refractivity contribution < 1.29 is 9.90 Å². The summed E-state index contributed by atoms with van der Waals surface area (Å²) in [6.45, 7) is 7.01. The number of carboxylic acids is 1. The van der Waals surface area contributed by atoms with Gasteiger partial charge in [0, 0.05) is 22.2 Å². The molecule has 0 aliphatic carbocycles. The van der Waals surface area contributed by atoms with Gasteiger partial charge in [-0.1, -0.05) is 26.8 Å². The number of rotatable bonds is 6. The fourth-order valence-electron chi connectivity index (χ4n) is 1.90. The van der Waals surface area contributed by atoms with Gasteiger partial charge < -0.3 is 10.4 Å². The van der Waals surface area contributed by atoms with Gasteiger partial charge >= 0.3 is 5.97 Å². The molecule has 6 heteroatoms. The van der Waals surface area contributed by atoms with Gasteiger partial charge in [-0.2, -0.15) is 0 Å². The Morgan fingerprint density at radius 3 is 2.71 bits per heavy atom. The third kappa shape index (κ3) is 4.62. The lowest BCUT2D eigenvalue weighted by atomic mass is 9.98. The SMILES string of the molecule is CC(C)(C)c1nc(CNC(CC(=O)O)c2cccs2)cs1. The van der Waals surface area contributed by atoms with Crippen LogP contribution in [0.5, 0.6) is 0 Å². The molecule has 0 aromatic carbocycles. The van der Waals surface area contributed by atoms with Crippen molar-refractivity contribution >= 4 is 28.6 Å². The van der Waals surface area contributed by atoms with E-state index in [4.69, 9.17) is 5.11 Å². The molecule has 0 bridgehead atoms. The molecule has 0 aliphatic heterocycles. The molecule has 2 heterocycles. The van der Waals surface area contributed by atoms with Crippen LogP contribution in [0.3, 0.4) is 0 Å². The largest absolute Gasteiger partial charge is 0.481 e. The van der Waals surface area contributed by atoms with Gasteiger partial charge in [0.2, 0.25) is 0 Å². The quantitative estimate of drug-likeness (QED) is 0.848. The Hall–Kier alpha value is -1.24. The molecule has 21 heavy (non-hydrogen) atoms. The number of hydrogen-bond acceptors (Lipinski definition) is 5. The molecule has 0 amide bonds. The van der Waals surface area contributed by atoms with Gasteiger partial charge in [0.25, 0.3) is 0 Å². The molecule has 1 atom stereocenters. The maximum atomic E-state index is 11.0. The van der Waals surface area contributed by atoms with Crippen molar-refractivity contribution in [2.45, 2.75) is 45.2 Å². The van der Waals surface area contributed by atoms with Crippen LogP contribution in [0.2, 0.25) is 0 Å². The van der Waals surface area contributed by atoms with Crippen molar-refractivity contribution in [1.29, 1.82) is 0 Å². The highest BCUT2D eigenvalue weighted by Crippen LogP contribution is 2.26. The van der Waals surface area contributed by atoms with Crippen LogP contribution in [0.25, 0.3) is 0 Å². The average Bonchev–Trinajstić information content (AvgIpc) is 3.04. The summed E-state index contributed by atoms with van der Waals surface area (Å²) < 4.78 is 0. The van der Waals surface area contributed by atoms with Crippen molar-refractivity contribution in [3.63, 3.8) is 0 Å². The molecule has 2 aromatic heterocycles. The van der Waals surface area contributed by atoms with Crippen molar-refractivity contribution in [1.82, 2.24) is 10.3 Å². The topological polar surface area (TPSA) is 62.2 Å². The number of nitrogens with zero attached hydrogens (tertiary/aromatic N) is 1. The van der Waals surface area contributed by atoms with Crippen molar-refractivity contribution in [3.8, 4) is 0 Å². The second-order valence-corrected chi connectivity index (χ2v) is 7.78. The fraction of sp³-hybridized carbons (Fsp3) is 0.467. The van der Waals surface area contributed by atoms with Crippen LogP contribution in [0, 0.1) is 0 Å². The van der Waals surface area contributed by atoms with E-state index in [0.717, 1.165) is 15.6 Å². The van der Waals surface area contributed by atoms with Crippen LogP contribution in [0.4, 0.5) is 0 Å². The highest BCUT2D eigenvalue weighted by molar-refractivity contribution is 7.10. The minimum Gasteiger partial charge on any atom is -0.481 e. The standard InChI is InChI=1S/C15H20N2O2S2/c1-15(2,3)14-17-10(9-21-14)8-16-11(7-13(18)19)12-5-4-6-20-12/h4-6,9,11,16H,7-8H2,1-3H3,(H,18,19). The monoisotopic (exact) mass is 324 g/mol. The van der Waals surface area contributed by atoms with Crippen LogP contribution in [-0.4, -0.2) is 16.1 Å². The fourth-order valence-corrected chi connectivity index (χ4v) is 3.61. The number of hydrogen-bond donors (Lipinski definition) is 2. The zero-order chi connectivity index (χ0) is 15.5. The van der Waals surface area contributed by atoms with E-state index in [0.29, 0.717) is 6.54 Å². The minimum atomic E-state index is -0.797. The lowest BCUT2D eigenvalue weighted by molar-refractivity contribution is -0.137. The van der Waals surface area contributed by atoms with Gasteiger partial charge in [-0.15, -0.1) is 22.7 Å². The van der Waals surface area contributed by atoms with E-state index in [2.05, 4.69) is 31.1 Å². The van der Waals surface area contributed by atoms with E-state index in [9.17, 15) is 4.79 Å². The Bertz CT molecular complexity index is 585. The van der Waals surface area contributed by atoms with Gasteiger partial charge in [-0.3, -0.25) is 4.79 Å².